The van der Waals surface area contributed by atoms with Crippen LogP contribution in [0.5, 0.6) is 5.75 Å². The first-order valence-electron chi connectivity index (χ1n) is 8.52. The highest BCUT2D eigenvalue weighted by Crippen LogP contribution is 2.45. The highest BCUT2D eigenvalue weighted by atomic mass is 16.5. The first kappa shape index (κ1) is 16.9. The number of ether oxygens (including phenoxy) is 2. The van der Waals surface area contributed by atoms with Crippen molar-refractivity contribution in [2.24, 2.45) is 5.92 Å². The van der Waals surface area contributed by atoms with Crippen molar-refractivity contribution in [3.8, 4) is 5.75 Å². The maximum atomic E-state index is 11.5. The molecular weight excluding hydrogens is 276 g/mol. The predicted molar refractivity (Wildman–Crippen MR) is 88.3 cm³/mol. The normalized spacial score (nSPS) is 19.9. The van der Waals surface area contributed by atoms with Crippen LogP contribution in [-0.4, -0.2) is 18.7 Å². The maximum absolute atomic E-state index is 11.5. The van der Waals surface area contributed by atoms with Crippen molar-refractivity contribution < 1.29 is 14.3 Å². The number of esters is 1. The van der Waals surface area contributed by atoms with E-state index in [0.29, 0.717) is 24.9 Å². The summed E-state index contributed by atoms with van der Waals surface area (Å²) in [7, 11) is 0. The number of carbonyl (C=O) groups excluding carboxylic acids is 1. The Labute approximate surface area is 134 Å². The van der Waals surface area contributed by atoms with Crippen molar-refractivity contribution in [1.82, 2.24) is 0 Å². The Morgan fingerprint density at radius 2 is 2.09 bits per heavy atom. The molecule has 0 N–H and O–H groups in total. The van der Waals surface area contributed by atoms with E-state index in [1.165, 1.54) is 11.1 Å². The summed E-state index contributed by atoms with van der Waals surface area (Å²) in [4.78, 5) is 11.5. The lowest BCUT2D eigenvalue weighted by atomic mass is 9.84. The molecule has 3 nitrogen and oxygen atoms in total. The molecule has 0 aromatic heterocycles. The number of aryl methyl sites for hydroxylation is 1. The van der Waals surface area contributed by atoms with Crippen LogP contribution < -0.4 is 4.74 Å². The Morgan fingerprint density at radius 1 is 1.32 bits per heavy atom. The van der Waals surface area contributed by atoms with Crippen molar-refractivity contribution in [3.05, 3.63) is 29.3 Å². The average molecular weight is 304 g/mol. The molecular formula is C19H28O3. The Morgan fingerprint density at radius 3 is 2.73 bits per heavy atom. The van der Waals surface area contributed by atoms with Crippen LogP contribution in [0.15, 0.2) is 18.2 Å². The fraction of sp³-hybridized carbons (Fsp3) is 0.632. The topological polar surface area (TPSA) is 35.5 Å². The number of carbonyl (C=O) groups is 1. The molecule has 0 fully saturated rings. The zero-order chi connectivity index (χ0) is 16.1. The molecule has 3 heteroatoms. The second-order valence-electron chi connectivity index (χ2n) is 6.33. The van der Waals surface area contributed by atoms with E-state index in [0.717, 1.165) is 25.0 Å². The molecule has 1 aliphatic rings. The van der Waals surface area contributed by atoms with E-state index >= 15 is 0 Å². The van der Waals surface area contributed by atoms with Gasteiger partial charge in [-0.2, -0.15) is 0 Å². The van der Waals surface area contributed by atoms with Crippen LogP contribution >= 0.6 is 0 Å². The zero-order valence-electron chi connectivity index (χ0n) is 14.2. The summed E-state index contributed by atoms with van der Waals surface area (Å²) in [5.74, 6) is 2.00. The number of rotatable bonds is 7. The molecule has 22 heavy (non-hydrogen) atoms. The first-order chi connectivity index (χ1) is 10.6. The van der Waals surface area contributed by atoms with Gasteiger partial charge in [0.15, 0.2) is 0 Å². The van der Waals surface area contributed by atoms with Crippen molar-refractivity contribution in [2.45, 2.75) is 65.4 Å². The standard InChI is InChI=1S/C19H28O3/c1-5-16-18(13(3)4)15-11-7-9-14(19(15)22-16)10-8-12-17(20)21-6-2/h7,9,11,13,16,18H,5-6,8,10,12H2,1-4H3. The fourth-order valence-corrected chi connectivity index (χ4v) is 3.41. The summed E-state index contributed by atoms with van der Waals surface area (Å²) in [6.07, 6.45) is 3.45. The largest absolute Gasteiger partial charge is 0.489 e. The number of para-hydroxylation sites is 1. The molecule has 0 radical (unpaired) electrons. The van der Waals surface area contributed by atoms with Crippen LogP contribution in [0.2, 0.25) is 0 Å². The van der Waals surface area contributed by atoms with Gasteiger partial charge in [-0.1, -0.05) is 39.0 Å². The van der Waals surface area contributed by atoms with Gasteiger partial charge in [0.05, 0.1) is 6.61 Å². The van der Waals surface area contributed by atoms with Gasteiger partial charge in [0.2, 0.25) is 0 Å². The Balaban J connectivity index is 2.08. The van der Waals surface area contributed by atoms with Crippen LogP contribution in [0, 0.1) is 5.92 Å². The third kappa shape index (κ3) is 3.63. The second-order valence-corrected chi connectivity index (χ2v) is 6.33. The highest BCUT2D eigenvalue weighted by molar-refractivity contribution is 5.69. The molecule has 0 amide bonds. The molecule has 1 aromatic carbocycles. The summed E-state index contributed by atoms with van der Waals surface area (Å²) >= 11 is 0. The number of hydrogen-bond donors (Lipinski definition) is 0. The average Bonchev–Trinajstić information content (AvgIpc) is 2.87. The number of fused-ring (bicyclic) bond motifs is 1. The number of hydrogen-bond acceptors (Lipinski definition) is 3. The molecule has 1 aliphatic heterocycles. The van der Waals surface area contributed by atoms with Crippen molar-refractivity contribution in [1.29, 1.82) is 0 Å². The third-order valence-electron chi connectivity index (χ3n) is 4.41. The van der Waals surface area contributed by atoms with Crippen LogP contribution in [0.25, 0.3) is 0 Å². The van der Waals surface area contributed by atoms with E-state index in [4.69, 9.17) is 9.47 Å². The SMILES string of the molecule is CCOC(=O)CCCc1cccc2c1OC(CC)C2C(C)C. The smallest absolute Gasteiger partial charge is 0.305 e. The summed E-state index contributed by atoms with van der Waals surface area (Å²) in [6.45, 7) is 9.01. The van der Waals surface area contributed by atoms with E-state index in [9.17, 15) is 4.79 Å². The van der Waals surface area contributed by atoms with Crippen molar-refractivity contribution >= 4 is 5.97 Å². The molecule has 1 aromatic rings. The van der Waals surface area contributed by atoms with E-state index in [-0.39, 0.29) is 12.1 Å². The summed E-state index contributed by atoms with van der Waals surface area (Å²) < 4.78 is 11.2. The van der Waals surface area contributed by atoms with Gasteiger partial charge in [-0.3, -0.25) is 4.79 Å². The second kappa shape index (κ2) is 7.66. The zero-order valence-corrected chi connectivity index (χ0v) is 14.2. The summed E-state index contributed by atoms with van der Waals surface area (Å²) in [5.41, 5.74) is 2.57. The predicted octanol–water partition coefficient (Wildman–Crippen LogP) is 4.48. The Hall–Kier alpha value is -1.51. The molecule has 2 unspecified atom stereocenters. The molecule has 0 bridgehead atoms. The van der Waals surface area contributed by atoms with Gasteiger partial charge in [0, 0.05) is 17.9 Å². The quantitative estimate of drug-likeness (QED) is 0.697. The molecule has 0 aliphatic carbocycles. The van der Waals surface area contributed by atoms with Gasteiger partial charge < -0.3 is 9.47 Å². The maximum Gasteiger partial charge on any atom is 0.305 e. The summed E-state index contributed by atoms with van der Waals surface area (Å²) in [6, 6.07) is 6.44. The van der Waals surface area contributed by atoms with Crippen LogP contribution in [-0.2, 0) is 16.0 Å². The van der Waals surface area contributed by atoms with Crippen LogP contribution in [0.1, 0.15) is 64.0 Å². The molecule has 1 heterocycles. The minimum absolute atomic E-state index is 0.109. The third-order valence-corrected chi connectivity index (χ3v) is 4.41. The molecule has 0 spiro atoms. The van der Waals surface area contributed by atoms with Gasteiger partial charge in [-0.25, -0.2) is 0 Å². The first-order valence-corrected chi connectivity index (χ1v) is 8.52. The van der Waals surface area contributed by atoms with Gasteiger partial charge in [0.25, 0.3) is 0 Å². The number of benzene rings is 1. The van der Waals surface area contributed by atoms with Crippen LogP contribution in [0.4, 0.5) is 0 Å². The van der Waals surface area contributed by atoms with E-state index in [1.807, 2.05) is 6.92 Å². The van der Waals surface area contributed by atoms with E-state index in [2.05, 4.69) is 39.0 Å². The van der Waals surface area contributed by atoms with Gasteiger partial charge in [-0.05, 0) is 37.7 Å². The molecule has 2 rings (SSSR count). The lowest BCUT2D eigenvalue weighted by molar-refractivity contribution is -0.143. The highest BCUT2D eigenvalue weighted by Gasteiger charge is 2.36. The molecule has 0 saturated carbocycles. The Bertz CT molecular complexity index is 507. The van der Waals surface area contributed by atoms with E-state index in [1.54, 1.807) is 0 Å². The fourth-order valence-electron chi connectivity index (χ4n) is 3.41. The molecule has 2 atom stereocenters. The van der Waals surface area contributed by atoms with Gasteiger partial charge in [-0.15, -0.1) is 0 Å². The molecule has 122 valence electrons. The van der Waals surface area contributed by atoms with Gasteiger partial charge in [0.1, 0.15) is 11.9 Å². The summed E-state index contributed by atoms with van der Waals surface area (Å²) in [5, 5.41) is 0. The van der Waals surface area contributed by atoms with E-state index < -0.39 is 0 Å². The lowest BCUT2D eigenvalue weighted by Crippen LogP contribution is -2.21. The monoisotopic (exact) mass is 304 g/mol. The molecule has 0 saturated heterocycles. The lowest BCUT2D eigenvalue weighted by Gasteiger charge is -2.20. The minimum Gasteiger partial charge on any atom is -0.489 e. The Kier molecular flexibility index (Phi) is 5.87. The van der Waals surface area contributed by atoms with Crippen molar-refractivity contribution in [2.75, 3.05) is 6.61 Å². The minimum atomic E-state index is -0.109. The van der Waals surface area contributed by atoms with Crippen LogP contribution in [0.3, 0.4) is 0 Å². The van der Waals surface area contributed by atoms with Gasteiger partial charge >= 0.3 is 5.97 Å². The van der Waals surface area contributed by atoms with Crippen molar-refractivity contribution in [3.63, 3.8) is 0 Å².